The van der Waals surface area contributed by atoms with Gasteiger partial charge in [0.15, 0.2) is 11.2 Å². The maximum absolute atomic E-state index is 15.9. The predicted octanol–water partition coefficient (Wildman–Crippen LogP) is 6.01. The van der Waals surface area contributed by atoms with Crippen LogP contribution >= 0.6 is 0 Å². The van der Waals surface area contributed by atoms with Gasteiger partial charge < -0.3 is 18.9 Å². The molecule has 44 heavy (non-hydrogen) atoms. The number of benzene rings is 3. The van der Waals surface area contributed by atoms with Crippen LogP contribution in [-0.4, -0.2) is 51.8 Å². The van der Waals surface area contributed by atoms with E-state index in [1.807, 2.05) is 0 Å². The van der Waals surface area contributed by atoms with Crippen molar-refractivity contribution in [3.8, 4) is 39.7 Å². The number of aromatic nitrogens is 2. The van der Waals surface area contributed by atoms with Crippen molar-refractivity contribution < 1.29 is 35.6 Å². The van der Waals surface area contributed by atoms with Gasteiger partial charge in [-0.2, -0.15) is 4.98 Å². The molecule has 0 fully saturated rings. The zero-order valence-corrected chi connectivity index (χ0v) is 24.6. The fraction of sp³-hybridized carbons (Fsp3) is 0.129. The van der Waals surface area contributed by atoms with Gasteiger partial charge in [-0.15, -0.1) is 0 Å². The van der Waals surface area contributed by atoms with Crippen molar-refractivity contribution in [1.82, 2.24) is 15.3 Å². The lowest BCUT2D eigenvalue weighted by Gasteiger charge is -2.21. The van der Waals surface area contributed by atoms with Crippen LogP contribution in [0.5, 0.6) is 5.75 Å². The molecule has 0 aliphatic heterocycles. The standard InChI is InChI=1S/C31H24F2N4O6S/c1-34-30(38)27-20-13-19(18-12-21(25(41-3)14-22(18)33)31-36-29-24(43-31)6-5-11-35-29)23(37(2)44(4,39)40)15-26(20)42-28(27)16-7-9-17(32)10-8-16/h5-15H,1-4H3,(H,34,38). The first-order chi connectivity index (χ1) is 21.0. The molecule has 0 bridgehead atoms. The van der Waals surface area contributed by atoms with Crippen molar-refractivity contribution in [3.63, 3.8) is 0 Å². The molecule has 0 unspecified atom stereocenters. The summed E-state index contributed by atoms with van der Waals surface area (Å²) >= 11 is 0. The van der Waals surface area contributed by atoms with E-state index in [9.17, 15) is 17.6 Å². The summed E-state index contributed by atoms with van der Waals surface area (Å²) in [6.45, 7) is 0. The highest BCUT2D eigenvalue weighted by atomic mass is 32.2. The van der Waals surface area contributed by atoms with Crippen molar-refractivity contribution >= 4 is 43.8 Å². The molecule has 0 aliphatic carbocycles. The quantitative estimate of drug-likeness (QED) is 0.230. The monoisotopic (exact) mass is 618 g/mol. The first-order valence-electron chi connectivity index (χ1n) is 13.1. The Morgan fingerprint density at radius 2 is 1.73 bits per heavy atom. The average molecular weight is 619 g/mol. The van der Waals surface area contributed by atoms with E-state index in [0.717, 1.165) is 16.6 Å². The molecule has 3 aromatic carbocycles. The zero-order valence-electron chi connectivity index (χ0n) is 23.8. The molecule has 0 aliphatic rings. The van der Waals surface area contributed by atoms with Gasteiger partial charge in [-0.3, -0.25) is 9.10 Å². The topological polar surface area (TPSA) is 128 Å². The summed E-state index contributed by atoms with van der Waals surface area (Å²) in [6.07, 6.45) is 2.56. The summed E-state index contributed by atoms with van der Waals surface area (Å²) in [5.74, 6) is -1.40. The van der Waals surface area contributed by atoms with Crippen LogP contribution in [-0.2, 0) is 10.0 Å². The number of ether oxygens (including phenoxy) is 1. The zero-order chi connectivity index (χ0) is 31.3. The van der Waals surface area contributed by atoms with Crippen LogP contribution in [0.3, 0.4) is 0 Å². The molecule has 1 amide bonds. The van der Waals surface area contributed by atoms with Gasteiger partial charge in [-0.05, 0) is 48.5 Å². The molecule has 10 nitrogen and oxygen atoms in total. The van der Waals surface area contributed by atoms with E-state index in [4.69, 9.17) is 13.6 Å². The third kappa shape index (κ3) is 4.90. The Hall–Kier alpha value is -5.30. The normalized spacial score (nSPS) is 11.7. The number of carbonyl (C=O) groups excluding carboxylic acids is 1. The van der Waals surface area contributed by atoms with E-state index in [2.05, 4.69) is 15.3 Å². The molecule has 6 rings (SSSR count). The summed E-state index contributed by atoms with van der Waals surface area (Å²) in [5, 5.41) is 2.85. The van der Waals surface area contributed by atoms with E-state index >= 15 is 4.39 Å². The Bertz CT molecular complexity index is 2160. The molecule has 0 atom stereocenters. The summed E-state index contributed by atoms with van der Waals surface area (Å²) in [5.41, 5.74) is 1.82. The lowest BCUT2D eigenvalue weighted by atomic mass is 9.96. The fourth-order valence-electron chi connectivity index (χ4n) is 4.92. The van der Waals surface area contributed by atoms with Crippen molar-refractivity contribution in [3.05, 3.63) is 84.1 Å². The van der Waals surface area contributed by atoms with E-state index in [1.54, 1.807) is 18.3 Å². The number of amides is 1. The number of anilines is 1. The summed E-state index contributed by atoms with van der Waals surface area (Å²) in [6, 6.07) is 14.2. The molecule has 13 heteroatoms. The minimum Gasteiger partial charge on any atom is -0.496 e. The van der Waals surface area contributed by atoms with Gasteiger partial charge in [0.2, 0.25) is 15.9 Å². The van der Waals surface area contributed by atoms with Gasteiger partial charge >= 0.3 is 0 Å². The van der Waals surface area contributed by atoms with Gasteiger partial charge in [0.25, 0.3) is 5.91 Å². The Morgan fingerprint density at radius 1 is 0.977 bits per heavy atom. The smallest absolute Gasteiger partial charge is 0.255 e. The highest BCUT2D eigenvalue weighted by Gasteiger charge is 2.28. The van der Waals surface area contributed by atoms with E-state index in [-0.39, 0.29) is 56.3 Å². The second-order valence-corrected chi connectivity index (χ2v) is 11.9. The number of sulfonamides is 1. The van der Waals surface area contributed by atoms with Crippen LogP contribution in [0.15, 0.2) is 75.7 Å². The molecular weight excluding hydrogens is 594 g/mol. The van der Waals surface area contributed by atoms with Gasteiger partial charge in [-0.1, -0.05) is 0 Å². The number of carbonyl (C=O) groups is 1. The highest BCUT2D eigenvalue weighted by molar-refractivity contribution is 7.92. The van der Waals surface area contributed by atoms with E-state index in [1.165, 1.54) is 63.7 Å². The second kappa shape index (κ2) is 10.8. The van der Waals surface area contributed by atoms with Crippen LogP contribution in [0.2, 0.25) is 0 Å². The maximum Gasteiger partial charge on any atom is 0.255 e. The Morgan fingerprint density at radius 3 is 2.39 bits per heavy atom. The van der Waals surface area contributed by atoms with E-state index in [0.29, 0.717) is 16.8 Å². The Kier molecular flexibility index (Phi) is 7.04. The molecular formula is C31H24F2N4O6S. The summed E-state index contributed by atoms with van der Waals surface area (Å²) in [4.78, 5) is 21.8. The maximum atomic E-state index is 15.9. The number of nitrogens with zero attached hydrogens (tertiary/aromatic N) is 3. The first-order valence-corrected chi connectivity index (χ1v) is 15.0. The molecule has 224 valence electrons. The van der Waals surface area contributed by atoms with Gasteiger partial charge in [0.1, 0.15) is 28.7 Å². The van der Waals surface area contributed by atoms with Crippen LogP contribution < -0.4 is 14.4 Å². The number of hydrogen-bond donors (Lipinski definition) is 1. The lowest BCUT2D eigenvalue weighted by Crippen LogP contribution is -2.25. The van der Waals surface area contributed by atoms with E-state index < -0.39 is 27.6 Å². The average Bonchev–Trinajstić information content (AvgIpc) is 3.61. The largest absolute Gasteiger partial charge is 0.496 e. The molecule has 0 spiro atoms. The van der Waals surface area contributed by atoms with Gasteiger partial charge in [0, 0.05) is 54.5 Å². The Labute approximate surface area is 249 Å². The van der Waals surface area contributed by atoms with Crippen LogP contribution in [0.4, 0.5) is 14.5 Å². The van der Waals surface area contributed by atoms with Crippen molar-refractivity contribution in [1.29, 1.82) is 0 Å². The Balaban J connectivity index is 1.67. The number of methoxy groups -OCH3 is 1. The third-order valence-electron chi connectivity index (χ3n) is 7.18. The first kappa shape index (κ1) is 28.8. The van der Waals surface area contributed by atoms with Crippen LogP contribution in [0.25, 0.3) is 56.1 Å². The van der Waals surface area contributed by atoms with Crippen molar-refractivity contribution in [2.75, 3.05) is 31.8 Å². The number of furan rings is 1. The third-order valence-corrected chi connectivity index (χ3v) is 8.37. The van der Waals surface area contributed by atoms with Crippen molar-refractivity contribution in [2.45, 2.75) is 0 Å². The summed E-state index contributed by atoms with van der Waals surface area (Å²) < 4.78 is 73.5. The number of hydrogen-bond acceptors (Lipinski definition) is 8. The number of fused-ring (bicyclic) bond motifs is 2. The molecule has 3 aromatic heterocycles. The minimum atomic E-state index is -3.86. The molecule has 1 N–H and O–H groups in total. The number of rotatable bonds is 7. The molecule has 0 radical (unpaired) electrons. The summed E-state index contributed by atoms with van der Waals surface area (Å²) in [7, 11) is 0.265. The SMILES string of the molecule is CNC(=O)c1c(-c2ccc(F)cc2)oc2cc(N(C)S(C)(=O)=O)c(-c3cc(-c4nc5ncccc5o4)c(OC)cc3F)cc12. The fourth-order valence-corrected chi connectivity index (χ4v) is 5.43. The van der Waals surface area contributed by atoms with Crippen LogP contribution in [0.1, 0.15) is 10.4 Å². The molecule has 6 aromatic rings. The predicted molar refractivity (Wildman–Crippen MR) is 161 cm³/mol. The van der Waals surface area contributed by atoms with Crippen molar-refractivity contribution in [2.24, 2.45) is 0 Å². The van der Waals surface area contributed by atoms with Gasteiger partial charge in [-0.25, -0.2) is 22.2 Å². The van der Waals surface area contributed by atoms with Crippen LogP contribution in [0, 0.1) is 11.6 Å². The lowest BCUT2D eigenvalue weighted by molar-refractivity contribution is 0.0964. The van der Waals surface area contributed by atoms with Gasteiger partial charge in [0.05, 0.1) is 30.2 Å². The number of halogens is 2. The second-order valence-electron chi connectivity index (χ2n) is 9.86. The molecule has 3 heterocycles. The number of pyridine rings is 1. The number of oxazole rings is 1. The molecule has 0 saturated carbocycles. The minimum absolute atomic E-state index is 0.0317. The number of nitrogens with one attached hydrogen (secondary N) is 1. The molecule has 0 saturated heterocycles. The highest BCUT2D eigenvalue weighted by Crippen LogP contribution is 2.44.